The second-order valence-corrected chi connectivity index (χ2v) is 17.8. The predicted octanol–water partition coefficient (Wildman–Crippen LogP) is 8.85. The maximum absolute atomic E-state index is 14.2. The van der Waals surface area contributed by atoms with Crippen molar-refractivity contribution in [2.24, 2.45) is 14.1 Å². The lowest BCUT2D eigenvalue weighted by atomic mass is 10.00. The molecule has 3 atom stereocenters. The Hall–Kier alpha value is -7.50. The Balaban J connectivity index is 0.865. The van der Waals surface area contributed by atoms with E-state index in [4.69, 9.17) is 18.9 Å². The molecule has 2 saturated heterocycles. The quantitative estimate of drug-likeness (QED) is 0.0489. The normalized spacial score (nSPS) is 17.7. The molecule has 5 amide bonds. The lowest BCUT2D eigenvalue weighted by Crippen LogP contribution is -2.57. The first kappa shape index (κ1) is 48.9. The van der Waals surface area contributed by atoms with Gasteiger partial charge >= 0.3 is 6.09 Å². The highest BCUT2D eigenvalue weighted by molar-refractivity contribution is 6.07. The van der Waals surface area contributed by atoms with Gasteiger partial charge in [0.05, 0.1) is 29.6 Å². The minimum atomic E-state index is -0.868. The number of ketones is 1. The third-order valence-electron chi connectivity index (χ3n) is 12.7. The number of Topliss-reactive ketones (excluding diaryl/α,β-unsaturated/α-hetero) is 1. The van der Waals surface area contributed by atoms with E-state index in [9.17, 15) is 28.8 Å². The number of hydrogen-bond acceptors (Lipinski definition) is 10. The summed E-state index contributed by atoms with van der Waals surface area (Å²) in [5.74, 6) is -0.753. The molecule has 2 aromatic heterocycles. The fraction of sp³-hybridized carbons (Fsp3) is 0.358. The maximum atomic E-state index is 14.2. The van der Waals surface area contributed by atoms with Crippen LogP contribution in [0.4, 0.5) is 27.5 Å². The molecule has 0 radical (unpaired) electrons. The number of ether oxygens (including phenoxy) is 4. The van der Waals surface area contributed by atoms with Crippen molar-refractivity contribution in [1.82, 2.24) is 14.0 Å². The Bertz CT molecular complexity index is 2770. The van der Waals surface area contributed by atoms with Gasteiger partial charge in [-0.2, -0.15) is 0 Å². The van der Waals surface area contributed by atoms with Crippen LogP contribution in [0.3, 0.4) is 0 Å². The number of piperidine rings is 1. The first-order chi connectivity index (χ1) is 33.8. The third kappa shape index (κ3) is 11.2. The van der Waals surface area contributed by atoms with Crippen molar-refractivity contribution in [2.75, 3.05) is 47.2 Å². The molecule has 3 N–H and O–H groups in total. The molecule has 0 saturated carbocycles. The molecular weight excluding hydrogens is 895 g/mol. The Morgan fingerprint density at radius 2 is 1.49 bits per heavy atom. The molecule has 366 valence electrons. The Kier molecular flexibility index (Phi) is 15.3. The van der Waals surface area contributed by atoms with E-state index >= 15 is 0 Å². The monoisotopic (exact) mass is 953 g/mol. The second-order valence-electron chi connectivity index (χ2n) is 17.8. The van der Waals surface area contributed by atoms with Crippen LogP contribution in [0.5, 0.6) is 5.75 Å². The first-order valence-corrected chi connectivity index (χ1v) is 23.7. The van der Waals surface area contributed by atoms with Gasteiger partial charge in [-0.1, -0.05) is 24.8 Å². The van der Waals surface area contributed by atoms with Gasteiger partial charge in [0.2, 0.25) is 5.91 Å². The number of hydrogen-bond donors (Lipinski definition) is 3. The summed E-state index contributed by atoms with van der Waals surface area (Å²) in [6.45, 7) is 8.22. The molecule has 3 aliphatic rings. The molecule has 2 fully saturated rings. The minimum Gasteiger partial charge on any atom is -0.493 e. The summed E-state index contributed by atoms with van der Waals surface area (Å²) in [7, 11) is 3.50. The summed E-state index contributed by atoms with van der Waals surface area (Å²) in [6.07, 6.45) is 8.22. The molecule has 5 aromatic rings. The van der Waals surface area contributed by atoms with Crippen molar-refractivity contribution >= 4 is 58.3 Å². The third-order valence-corrected chi connectivity index (χ3v) is 12.7. The molecule has 17 heteroatoms. The number of carbonyl (C=O) groups excluding carboxylic acids is 6. The van der Waals surface area contributed by atoms with E-state index in [2.05, 4.69) is 22.5 Å². The lowest BCUT2D eigenvalue weighted by molar-refractivity contribution is -0.198. The molecule has 3 aliphatic heterocycles. The van der Waals surface area contributed by atoms with Crippen molar-refractivity contribution in [3.8, 4) is 16.9 Å². The van der Waals surface area contributed by atoms with E-state index in [1.807, 2.05) is 30.2 Å². The number of fused-ring (bicyclic) bond motifs is 2. The van der Waals surface area contributed by atoms with E-state index in [-0.39, 0.29) is 49.0 Å². The van der Waals surface area contributed by atoms with E-state index in [0.29, 0.717) is 89.0 Å². The predicted molar refractivity (Wildman–Crippen MR) is 264 cm³/mol. The Morgan fingerprint density at radius 3 is 2.17 bits per heavy atom. The molecule has 17 nitrogen and oxygen atoms in total. The fourth-order valence-corrected chi connectivity index (χ4v) is 9.07. The van der Waals surface area contributed by atoms with Crippen molar-refractivity contribution < 1.29 is 47.7 Å². The summed E-state index contributed by atoms with van der Waals surface area (Å²) in [5, 5.41) is 8.65. The molecule has 2 unspecified atom stereocenters. The topological polar surface area (TPSA) is 192 Å². The van der Waals surface area contributed by atoms with Crippen LogP contribution in [0.2, 0.25) is 0 Å². The highest BCUT2D eigenvalue weighted by atomic mass is 16.7. The molecule has 0 bridgehead atoms. The van der Waals surface area contributed by atoms with Crippen LogP contribution in [0.25, 0.3) is 11.1 Å². The first-order valence-electron chi connectivity index (χ1n) is 23.7. The average Bonchev–Trinajstić information content (AvgIpc) is 3.91. The Labute approximate surface area is 406 Å². The smallest absolute Gasteiger partial charge is 0.416 e. The SMILES string of the molecule is C=CCOC(=O)N1c2cc(OCCCC(=O)Nc3cc(C(=O)Nc4ccc(-c5cc(C(=O)Nc6ccc(C(C)=O)cc6)n(C)c5)cc4)n(C)c3)c(C)cc2C(=O)N2CCCC[C@H]2C1OC1CCCCO1. The molecule has 8 rings (SSSR count). The number of aromatic nitrogens is 2. The molecule has 5 heterocycles. The molecule has 0 aliphatic carbocycles. The number of aryl methyl sites for hydroxylation is 3. The van der Waals surface area contributed by atoms with Crippen LogP contribution in [0.15, 0.2) is 97.8 Å². The second kappa shape index (κ2) is 21.9. The average molecular weight is 954 g/mol. The summed E-state index contributed by atoms with van der Waals surface area (Å²) in [4.78, 5) is 82.7. The van der Waals surface area contributed by atoms with Gasteiger partial charge in [-0.3, -0.25) is 24.0 Å². The van der Waals surface area contributed by atoms with Crippen molar-refractivity contribution in [3.05, 3.63) is 126 Å². The van der Waals surface area contributed by atoms with E-state index in [1.165, 1.54) is 17.9 Å². The number of nitrogens with zero attached hydrogens (tertiary/aromatic N) is 4. The van der Waals surface area contributed by atoms with Crippen LogP contribution >= 0.6 is 0 Å². The van der Waals surface area contributed by atoms with Gasteiger partial charge in [-0.15, -0.1) is 0 Å². The largest absolute Gasteiger partial charge is 0.493 e. The van der Waals surface area contributed by atoms with E-state index in [1.54, 1.807) is 90.1 Å². The van der Waals surface area contributed by atoms with Gasteiger partial charge in [0.15, 0.2) is 18.3 Å². The van der Waals surface area contributed by atoms with Crippen LogP contribution < -0.4 is 25.6 Å². The van der Waals surface area contributed by atoms with Gasteiger partial charge in [0.1, 0.15) is 23.7 Å². The zero-order valence-corrected chi connectivity index (χ0v) is 40.0. The van der Waals surface area contributed by atoms with Crippen LogP contribution in [0, 0.1) is 6.92 Å². The van der Waals surface area contributed by atoms with Gasteiger partial charge < -0.3 is 48.9 Å². The van der Waals surface area contributed by atoms with Crippen LogP contribution in [-0.2, 0) is 33.1 Å². The van der Waals surface area contributed by atoms with Crippen molar-refractivity contribution in [2.45, 2.75) is 83.8 Å². The number of nitrogens with one attached hydrogen (secondary N) is 3. The number of carbonyl (C=O) groups is 6. The summed E-state index contributed by atoms with van der Waals surface area (Å²) in [6, 6.07) is 20.3. The van der Waals surface area contributed by atoms with Crippen LogP contribution in [0.1, 0.15) is 106 Å². The van der Waals surface area contributed by atoms with Crippen molar-refractivity contribution in [3.63, 3.8) is 0 Å². The summed E-state index contributed by atoms with van der Waals surface area (Å²) in [5.41, 5.74) is 5.90. The fourth-order valence-electron chi connectivity index (χ4n) is 9.07. The highest BCUT2D eigenvalue weighted by Crippen LogP contribution is 2.40. The zero-order valence-electron chi connectivity index (χ0n) is 40.0. The highest BCUT2D eigenvalue weighted by Gasteiger charge is 2.46. The molecule has 70 heavy (non-hydrogen) atoms. The number of benzene rings is 3. The number of amides is 5. The van der Waals surface area contributed by atoms with E-state index < -0.39 is 24.7 Å². The van der Waals surface area contributed by atoms with Gasteiger partial charge in [-0.25, -0.2) is 9.69 Å². The molecule has 0 spiro atoms. The minimum absolute atomic E-state index is 0.0325. The molecular formula is C53H59N7O10. The Morgan fingerprint density at radius 1 is 0.800 bits per heavy atom. The van der Waals surface area contributed by atoms with E-state index in [0.717, 1.165) is 36.8 Å². The lowest BCUT2D eigenvalue weighted by Gasteiger charge is -2.42. The maximum Gasteiger partial charge on any atom is 0.416 e. The van der Waals surface area contributed by atoms with Crippen LogP contribution in [-0.4, -0.2) is 94.5 Å². The molecule has 3 aromatic carbocycles. The summed E-state index contributed by atoms with van der Waals surface area (Å²) < 4.78 is 27.8. The summed E-state index contributed by atoms with van der Waals surface area (Å²) >= 11 is 0. The van der Waals surface area contributed by atoms with Crippen molar-refractivity contribution in [1.29, 1.82) is 0 Å². The number of rotatable bonds is 16. The van der Waals surface area contributed by atoms with Gasteiger partial charge in [0.25, 0.3) is 17.7 Å². The van der Waals surface area contributed by atoms with Gasteiger partial charge in [0, 0.05) is 74.6 Å². The number of anilines is 4. The standard InChI is InChI=1S/C53H59N7O10/c1-6-24-69-53(66)60-43-30-46(33(2)27-41(43)51(65)59-23-9-7-12-42(59)52(60)70-48-14-8-10-25-68-48)67-26-11-13-47(62)54-40-29-45(58(5)32-40)50(64)56-39-21-17-36(18-22-39)37-28-44(57(4)31-37)49(63)55-38-19-15-35(16-20-38)34(3)61/h6,15-22,27-32,42,48,52H,1,7-14,23-26H2,2-5H3,(H,54,62)(H,55,63)(H,56,64)/t42-,48?,52?/m0/s1. The zero-order chi connectivity index (χ0) is 49.5. The van der Waals surface area contributed by atoms with Gasteiger partial charge in [-0.05, 0) is 125 Å².